The molecule has 0 bridgehead atoms. The molecule has 1 N–H and O–H groups in total. The Morgan fingerprint density at radius 1 is 0.867 bits per heavy atom. The van der Waals surface area contributed by atoms with E-state index in [0.29, 0.717) is 17.0 Å². The Hall–Kier alpha value is -3.93. The van der Waals surface area contributed by atoms with Crippen LogP contribution in [0.2, 0.25) is 0 Å². The molecule has 3 rings (SSSR count). The lowest BCUT2D eigenvalue weighted by molar-refractivity contribution is -0.119. The number of rotatable bonds is 7. The fourth-order valence-corrected chi connectivity index (χ4v) is 2.83. The molecule has 0 aliphatic rings. The molecule has 6 nitrogen and oxygen atoms in total. The van der Waals surface area contributed by atoms with Gasteiger partial charge in [0.05, 0.1) is 12.7 Å². The largest absolute Gasteiger partial charge is 0.497 e. The Labute approximate surface area is 174 Å². The van der Waals surface area contributed by atoms with E-state index in [1.165, 1.54) is 13.2 Å². The standard InChI is InChI=1S/C24H21NO5/c1-16-10-12-17(13-11-16)23(27)20-8-3-4-9-21(20)24(28)30-15-22(26)25-18-6-5-7-19(14-18)29-2/h3-14H,15H2,1-2H3,(H,25,26). The van der Waals surface area contributed by atoms with Gasteiger partial charge in [-0.25, -0.2) is 4.79 Å². The maximum Gasteiger partial charge on any atom is 0.339 e. The first kappa shape index (κ1) is 20.8. The number of ketones is 1. The fraction of sp³-hybridized carbons (Fsp3) is 0.125. The summed E-state index contributed by atoms with van der Waals surface area (Å²) in [6.07, 6.45) is 0. The lowest BCUT2D eigenvalue weighted by Gasteiger charge is -2.10. The SMILES string of the molecule is COc1cccc(NC(=O)COC(=O)c2ccccc2C(=O)c2ccc(C)cc2)c1. The number of nitrogens with one attached hydrogen (secondary N) is 1. The summed E-state index contributed by atoms with van der Waals surface area (Å²) in [4.78, 5) is 37.5. The van der Waals surface area contributed by atoms with Crippen molar-refractivity contribution in [3.8, 4) is 5.75 Å². The maximum atomic E-state index is 12.8. The number of esters is 1. The first-order chi connectivity index (χ1) is 14.5. The van der Waals surface area contributed by atoms with Crippen LogP contribution in [0.5, 0.6) is 5.75 Å². The zero-order valence-corrected chi connectivity index (χ0v) is 16.7. The third-order valence-corrected chi connectivity index (χ3v) is 4.39. The monoisotopic (exact) mass is 403 g/mol. The highest BCUT2D eigenvalue weighted by Gasteiger charge is 2.20. The average Bonchev–Trinajstić information content (AvgIpc) is 2.77. The minimum absolute atomic E-state index is 0.109. The molecule has 0 saturated heterocycles. The summed E-state index contributed by atoms with van der Waals surface area (Å²) in [5.41, 5.74) is 2.35. The molecule has 1 amide bonds. The second-order valence-corrected chi connectivity index (χ2v) is 6.60. The molecule has 0 radical (unpaired) electrons. The fourth-order valence-electron chi connectivity index (χ4n) is 2.83. The van der Waals surface area contributed by atoms with E-state index < -0.39 is 18.5 Å². The van der Waals surface area contributed by atoms with Gasteiger partial charge in [0.2, 0.25) is 0 Å². The number of methoxy groups -OCH3 is 1. The van der Waals surface area contributed by atoms with Crippen molar-refractivity contribution >= 4 is 23.3 Å². The van der Waals surface area contributed by atoms with Gasteiger partial charge >= 0.3 is 5.97 Å². The number of anilines is 1. The molecule has 30 heavy (non-hydrogen) atoms. The van der Waals surface area contributed by atoms with Crippen molar-refractivity contribution in [2.75, 3.05) is 19.0 Å². The van der Waals surface area contributed by atoms with Gasteiger partial charge in [0.15, 0.2) is 12.4 Å². The smallest absolute Gasteiger partial charge is 0.339 e. The van der Waals surface area contributed by atoms with Crippen LogP contribution in [0.25, 0.3) is 0 Å². The Balaban J connectivity index is 1.67. The number of amides is 1. The molecular formula is C24H21NO5. The highest BCUT2D eigenvalue weighted by Crippen LogP contribution is 2.18. The molecule has 0 spiro atoms. The molecule has 0 heterocycles. The van der Waals surface area contributed by atoms with Crippen molar-refractivity contribution in [3.63, 3.8) is 0 Å². The molecule has 0 aromatic heterocycles. The Morgan fingerprint density at radius 3 is 2.27 bits per heavy atom. The summed E-state index contributed by atoms with van der Waals surface area (Å²) < 4.78 is 10.2. The van der Waals surface area contributed by atoms with Gasteiger partial charge in [-0.2, -0.15) is 0 Å². The zero-order valence-electron chi connectivity index (χ0n) is 16.7. The predicted molar refractivity (Wildman–Crippen MR) is 113 cm³/mol. The molecule has 0 aliphatic heterocycles. The molecule has 0 aliphatic carbocycles. The summed E-state index contributed by atoms with van der Waals surface area (Å²) in [6.45, 7) is 1.44. The zero-order chi connectivity index (χ0) is 21.5. The van der Waals surface area contributed by atoms with E-state index in [0.717, 1.165) is 5.56 Å². The molecular weight excluding hydrogens is 382 g/mol. The molecule has 0 unspecified atom stereocenters. The number of aryl methyl sites for hydroxylation is 1. The van der Waals surface area contributed by atoms with E-state index in [1.54, 1.807) is 54.6 Å². The maximum absolute atomic E-state index is 12.8. The Morgan fingerprint density at radius 2 is 1.57 bits per heavy atom. The number of ether oxygens (including phenoxy) is 2. The van der Waals surface area contributed by atoms with Crippen LogP contribution in [-0.2, 0) is 9.53 Å². The van der Waals surface area contributed by atoms with Crippen LogP contribution < -0.4 is 10.1 Å². The number of hydrogen-bond acceptors (Lipinski definition) is 5. The first-order valence-corrected chi connectivity index (χ1v) is 9.29. The van der Waals surface area contributed by atoms with E-state index in [9.17, 15) is 14.4 Å². The predicted octanol–water partition coefficient (Wildman–Crippen LogP) is 4.03. The van der Waals surface area contributed by atoms with Crippen molar-refractivity contribution in [2.24, 2.45) is 0 Å². The van der Waals surface area contributed by atoms with Crippen molar-refractivity contribution in [1.29, 1.82) is 0 Å². The Bertz CT molecular complexity index is 1070. The van der Waals surface area contributed by atoms with Crippen LogP contribution in [0.1, 0.15) is 31.8 Å². The van der Waals surface area contributed by atoms with Crippen LogP contribution in [0.15, 0.2) is 72.8 Å². The normalized spacial score (nSPS) is 10.2. The summed E-state index contributed by atoms with van der Waals surface area (Å²) in [7, 11) is 1.53. The van der Waals surface area contributed by atoms with Crippen LogP contribution in [0.3, 0.4) is 0 Å². The summed E-state index contributed by atoms with van der Waals surface area (Å²) in [5, 5.41) is 2.63. The van der Waals surface area contributed by atoms with Crippen LogP contribution in [0, 0.1) is 6.92 Å². The third kappa shape index (κ3) is 5.11. The molecule has 0 atom stereocenters. The quantitative estimate of drug-likeness (QED) is 0.476. The highest BCUT2D eigenvalue weighted by molar-refractivity contribution is 6.14. The third-order valence-electron chi connectivity index (χ3n) is 4.39. The van der Waals surface area contributed by atoms with E-state index in [2.05, 4.69) is 5.32 Å². The van der Waals surface area contributed by atoms with E-state index in [1.807, 2.05) is 19.1 Å². The van der Waals surface area contributed by atoms with E-state index in [-0.39, 0.29) is 16.9 Å². The van der Waals surface area contributed by atoms with Crippen LogP contribution in [0.4, 0.5) is 5.69 Å². The van der Waals surface area contributed by atoms with E-state index in [4.69, 9.17) is 9.47 Å². The van der Waals surface area contributed by atoms with Gasteiger partial charge in [-0.1, -0.05) is 54.1 Å². The highest BCUT2D eigenvalue weighted by atomic mass is 16.5. The second-order valence-electron chi connectivity index (χ2n) is 6.60. The van der Waals surface area contributed by atoms with Gasteiger partial charge in [-0.15, -0.1) is 0 Å². The van der Waals surface area contributed by atoms with Crippen molar-refractivity contribution < 1.29 is 23.9 Å². The molecule has 0 saturated carbocycles. The minimum atomic E-state index is -0.744. The van der Waals surface area contributed by atoms with Crippen LogP contribution in [-0.4, -0.2) is 31.4 Å². The van der Waals surface area contributed by atoms with Gasteiger partial charge in [0, 0.05) is 22.9 Å². The lowest BCUT2D eigenvalue weighted by Crippen LogP contribution is -2.22. The van der Waals surface area contributed by atoms with Gasteiger partial charge < -0.3 is 14.8 Å². The van der Waals surface area contributed by atoms with Gasteiger partial charge in [-0.05, 0) is 25.1 Å². The van der Waals surface area contributed by atoms with Crippen molar-refractivity contribution in [1.82, 2.24) is 0 Å². The number of carbonyl (C=O) groups is 3. The molecule has 6 heteroatoms. The summed E-state index contributed by atoms with van der Waals surface area (Å²) in [6, 6.07) is 20.3. The number of hydrogen-bond donors (Lipinski definition) is 1. The van der Waals surface area contributed by atoms with Crippen molar-refractivity contribution in [3.05, 3.63) is 95.1 Å². The summed E-state index contributed by atoms with van der Waals surface area (Å²) >= 11 is 0. The lowest BCUT2D eigenvalue weighted by atomic mass is 9.98. The molecule has 3 aromatic carbocycles. The number of benzene rings is 3. The molecule has 3 aromatic rings. The van der Waals surface area contributed by atoms with Gasteiger partial charge in [0.1, 0.15) is 5.75 Å². The Kier molecular flexibility index (Phi) is 6.60. The molecule has 152 valence electrons. The van der Waals surface area contributed by atoms with Crippen molar-refractivity contribution in [2.45, 2.75) is 6.92 Å². The van der Waals surface area contributed by atoms with Gasteiger partial charge in [0.25, 0.3) is 5.91 Å². The topological polar surface area (TPSA) is 81.7 Å². The van der Waals surface area contributed by atoms with E-state index >= 15 is 0 Å². The minimum Gasteiger partial charge on any atom is -0.497 e. The van der Waals surface area contributed by atoms with Gasteiger partial charge in [-0.3, -0.25) is 9.59 Å². The first-order valence-electron chi connectivity index (χ1n) is 9.29. The molecule has 0 fully saturated rings. The average molecular weight is 403 g/mol. The summed E-state index contributed by atoms with van der Waals surface area (Å²) in [5.74, 6) is -0.942. The second kappa shape index (κ2) is 9.52. The van der Waals surface area contributed by atoms with Crippen LogP contribution >= 0.6 is 0 Å². The number of carbonyl (C=O) groups excluding carboxylic acids is 3.